The molecule has 2 atom stereocenters. The molecule has 0 radical (unpaired) electrons. The second-order valence-electron chi connectivity index (χ2n) is 6.71. The minimum atomic E-state index is 0.284. The number of fused-ring (bicyclic) bond motifs is 1. The van der Waals surface area contributed by atoms with E-state index in [2.05, 4.69) is 39.6 Å². The van der Waals surface area contributed by atoms with Crippen LogP contribution in [0, 0.1) is 0 Å². The Morgan fingerprint density at radius 2 is 2.00 bits per heavy atom. The molecule has 0 spiro atoms. The van der Waals surface area contributed by atoms with E-state index >= 15 is 0 Å². The molecule has 1 saturated heterocycles. The average molecular weight is 324 g/mol. The monoisotopic (exact) mass is 324 g/mol. The average Bonchev–Trinajstić information content (AvgIpc) is 3.13. The maximum atomic E-state index is 6.06. The van der Waals surface area contributed by atoms with Gasteiger partial charge in [-0.15, -0.1) is 0 Å². The van der Waals surface area contributed by atoms with Gasteiger partial charge in [0.05, 0.1) is 5.69 Å². The van der Waals surface area contributed by atoms with Crippen molar-refractivity contribution in [3.05, 3.63) is 47.2 Å². The van der Waals surface area contributed by atoms with Crippen molar-refractivity contribution >= 4 is 5.95 Å². The molecule has 0 bridgehead atoms. The van der Waals surface area contributed by atoms with Crippen molar-refractivity contribution in [2.24, 2.45) is 0 Å². The Morgan fingerprint density at radius 3 is 2.79 bits per heavy atom. The Bertz CT molecular complexity index is 698. The van der Waals surface area contributed by atoms with Crippen LogP contribution in [0.1, 0.15) is 48.4 Å². The number of nitrogens with one attached hydrogen (secondary N) is 1. The molecule has 5 nitrogen and oxygen atoms in total. The lowest BCUT2D eigenvalue weighted by Gasteiger charge is -2.26. The topological polar surface area (TPSA) is 73.1 Å². The molecule has 4 rings (SSSR count). The van der Waals surface area contributed by atoms with E-state index in [4.69, 9.17) is 10.5 Å². The number of aromatic nitrogens is 2. The molecule has 0 saturated carbocycles. The highest BCUT2D eigenvalue weighted by Gasteiger charge is 2.28. The zero-order valence-corrected chi connectivity index (χ0v) is 13.9. The molecule has 0 amide bonds. The van der Waals surface area contributed by atoms with E-state index in [-0.39, 0.29) is 5.92 Å². The number of nitrogen functional groups attached to an aromatic ring is 1. The summed E-state index contributed by atoms with van der Waals surface area (Å²) in [6, 6.07) is 11.0. The van der Waals surface area contributed by atoms with Gasteiger partial charge in [-0.1, -0.05) is 30.3 Å². The third-order valence-corrected chi connectivity index (χ3v) is 5.05. The lowest BCUT2D eigenvalue weighted by Crippen LogP contribution is -2.29. The number of nitrogens with two attached hydrogens (primary N) is 1. The Balaban J connectivity index is 1.63. The van der Waals surface area contributed by atoms with Crippen LogP contribution in [0.4, 0.5) is 5.95 Å². The third kappa shape index (κ3) is 3.08. The second kappa shape index (κ2) is 6.77. The predicted molar refractivity (Wildman–Crippen MR) is 94.2 cm³/mol. The largest absolute Gasteiger partial charge is 0.476 e. The van der Waals surface area contributed by atoms with E-state index in [1.807, 2.05) is 6.07 Å². The fourth-order valence-corrected chi connectivity index (χ4v) is 3.85. The lowest BCUT2D eigenvalue weighted by atomic mass is 9.82. The molecule has 24 heavy (non-hydrogen) atoms. The van der Waals surface area contributed by atoms with Crippen molar-refractivity contribution in [3.63, 3.8) is 0 Å². The van der Waals surface area contributed by atoms with Crippen LogP contribution in [-0.2, 0) is 6.42 Å². The third-order valence-electron chi connectivity index (χ3n) is 5.05. The number of hydrogen-bond donors (Lipinski definition) is 2. The normalized spacial score (nSPS) is 23.0. The fourth-order valence-electron chi connectivity index (χ4n) is 3.85. The van der Waals surface area contributed by atoms with Crippen LogP contribution in [0.5, 0.6) is 5.88 Å². The van der Waals surface area contributed by atoms with Crippen LogP contribution in [-0.4, -0.2) is 29.2 Å². The van der Waals surface area contributed by atoms with E-state index in [1.165, 1.54) is 12.0 Å². The Kier molecular flexibility index (Phi) is 4.34. The number of rotatable bonds is 4. The molecule has 1 unspecified atom stereocenters. The first kappa shape index (κ1) is 15.4. The van der Waals surface area contributed by atoms with E-state index < -0.39 is 0 Å². The van der Waals surface area contributed by atoms with E-state index in [0.29, 0.717) is 24.5 Å². The predicted octanol–water partition coefficient (Wildman–Crippen LogP) is 2.66. The zero-order chi connectivity index (χ0) is 16.4. The van der Waals surface area contributed by atoms with Crippen molar-refractivity contribution in [3.8, 4) is 5.88 Å². The van der Waals surface area contributed by atoms with Crippen LogP contribution in [0.15, 0.2) is 30.3 Å². The minimum Gasteiger partial charge on any atom is -0.476 e. The van der Waals surface area contributed by atoms with Crippen LogP contribution >= 0.6 is 0 Å². The zero-order valence-electron chi connectivity index (χ0n) is 13.9. The van der Waals surface area contributed by atoms with E-state index in [9.17, 15) is 0 Å². The number of anilines is 1. The summed E-state index contributed by atoms with van der Waals surface area (Å²) in [6.07, 6.45) is 5.56. The summed E-state index contributed by atoms with van der Waals surface area (Å²) in [5, 5.41) is 3.46. The SMILES string of the molecule is Nc1nc(OC[C@@H]2CCCN2)c2c(n1)C(c1ccccc1)CCC2. The molecule has 1 aliphatic carbocycles. The number of benzene rings is 1. The summed E-state index contributed by atoms with van der Waals surface area (Å²) in [5.74, 6) is 1.28. The Labute approximate surface area is 142 Å². The first-order valence-corrected chi connectivity index (χ1v) is 8.88. The highest BCUT2D eigenvalue weighted by atomic mass is 16.5. The maximum Gasteiger partial charge on any atom is 0.223 e. The lowest BCUT2D eigenvalue weighted by molar-refractivity contribution is 0.263. The molecule has 2 aromatic rings. The Hall–Kier alpha value is -2.14. The summed E-state index contributed by atoms with van der Waals surface area (Å²) in [6.45, 7) is 1.73. The van der Waals surface area contributed by atoms with Gasteiger partial charge in [0.1, 0.15) is 6.61 Å². The van der Waals surface area contributed by atoms with Crippen molar-refractivity contribution in [2.45, 2.75) is 44.1 Å². The molecular weight excluding hydrogens is 300 g/mol. The van der Waals surface area contributed by atoms with Gasteiger partial charge >= 0.3 is 0 Å². The molecular formula is C19H24N4O. The summed E-state index contributed by atoms with van der Waals surface area (Å²) < 4.78 is 6.06. The van der Waals surface area contributed by atoms with E-state index in [0.717, 1.165) is 43.5 Å². The van der Waals surface area contributed by atoms with Crippen molar-refractivity contribution in [1.29, 1.82) is 0 Å². The minimum absolute atomic E-state index is 0.284. The van der Waals surface area contributed by atoms with Crippen molar-refractivity contribution in [1.82, 2.24) is 15.3 Å². The summed E-state index contributed by atoms with van der Waals surface area (Å²) >= 11 is 0. The van der Waals surface area contributed by atoms with Gasteiger partial charge in [-0.3, -0.25) is 0 Å². The van der Waals surface area contributed by atoms with Crippen LogP contribution in [0.25, 0.3) is 0 Å². The maximum absolute atomic E-state index is 6.06. The van der Waals surface area contributed by atoms with Crippen molar-refractivity contribution in [2.75, 3.05) is 18.9 Å². The first-order valence-electron chi connectivity index (χ1n) is 8.88. The number of nitrogens with zero attached hydrogens (tertiary/aromatic N) is 2. The van der Waals surface area contributed by atoms with Crippen LogP contribution in [0.2, 0.25) is 0 Å². The molecule has 126 valence electrons. The van der Waals surface area contributed by atoms with Gasteiger partial charge < -0.3 is 15.8 Å². The highest BCUT2D eigenvalue weighted by molar-refractivity contribution is 5.43. The molecule has 2 aliphatic rings. The standard InChI is InChI=1S/C19H24N4O/c20-19-22-17-15(13-6-2-1-3-7-13)9-4-10-16(17)18(23-19)24-12-14-8-5-11-21-14/h1-3,6-7,14-15,21H,4-5,8-12H2,(H2,20,22,23)/t14-,15?/m0/s1. The van der Waals surface area contributed by atoms with Crippen LogP contribution < -0.4 is 15.8 Å². The molecule has 1 aromatic heterocycles. The molecule has 5 heteroatoms. The van der Waals surface area contributed by atoms with Crippen molar-refractivity contribution < 1.29 is 4.74 Å². The van der Waals surface area contributed by atoms with Gasteiger partial charge in [0.15, 0.2) is 0 Å². The second-order valence-corrected chi connectivity index (χ2v) is 6.71. The van der Waals surface area contributed by atoms with Gasteiger partial charge in [-0.25, -0.2) is 4.98 Å². The summed E-state index contributed by atoms with van der Waals surface area (Å²) in [5.41, 5.74) is 9.47. The number of ether oxygens (including phenoxy) is 1. The smallest absolute Gasteiger partial charge is 0.223 e. The molecule has 1 aromatic carbocycles. The fraction of sp³-hybridized carbons (Fsp3) is 0.474. The molecule has 2 heterocycles. The molecule has 3 N–H and O–H groups in total. The van der Waals surface area contributed by atoms with Gasteiger partial charge in [0, 0.05) is 17.5 Å². The quantitative estimate of drug-likeness (QED) is 0.904. The summed E-state index contributed by atoms with van der Waals surface area (Å²) in [7, 11) is 0. The van der Waals surface area contributed by atoms with Gasteiger partial charge in [0.25, 0.3) is 0 Å². The molecule has 1 fully saturated rings. The van der Waals surface area contributed by atoms with Gasteiger partial charge in [-0.05, 0) is 44.2 Å². The first-order chi connectivity index (χ1) is 11.8. The summed E-state index contributed by atoms with van der Waals surface area (Å²) in [4.78, 5) is 8.98. The molecule has 1 aliphatic heterocycles. The number of hydrogen-bond acceptors (Lipinski definition) is 5. The van der Waals surface area contributed by atoms with Crippen LogP contribution in [0.3, 0.4) is 0 Å². The van der Waals surface area contributed by atoms with Gasteiger partial charge in [0.2, 0.25) is 11.8 Å². The highest BCUT2D eigenvalue weighted by Crippen LogP contribution is 2.38. The van der Waals surface area contributed by atoms with Gasteiger partial charge in [-0.2, -0.15) is 4.98 Å². The Morgan fingerprint density at radius 1 is 1.12 bits per heavy atom. The van der Waals surface area contributed by atoms with E-state index in [1.54, 1.807) is 0 Å².